The van der Waals surface area contributed by atoms with E-state index in [1.54, 1.807) is 0 Å². The Labute approximate surface area is 122 Å². The molecule has 0 spiro atoms. The van der Waals surface area contributed by atoms with Crippen LogP contribution in [0.5, 0.6) is 0 Å². The van der Waals surface area contributed by atoms with Crippen molar-refractivity contribution >= 4 is 0 Å². The number of hydrogen-bond donors (Lipinski definition) is 1. The fourth-order valence-corrected chi connectivity index (χ4v) is 2.74. The normalized spacial score (nSPS) is 11.5. The molecule has 0 aliphatic carbocycles. The summed E-state index contributed by atoms with van der Waals surface area (Å²) < 4.78 is 1.01. The number of hydrogen-bond acceptors (Lipinski definition) is 1. The predicted molar refractivity (Wildman–Crippen MR) is 85.0 cm³/mol. The summed E-state index contributed by atoms with van der Waals surface area (Å²) in [6.07, 6.45) is 1.07. The monoisotopic (exact) mass is 269 g/mol. The second kappa shape index (κ2) is 7.22. The van der Waals surface area contributed by atoms with Crippen molar-refractivity contribution in [1.29, 1.82) is 0 Å². The molecule has 2 nitrogen and oxygen atoms in total. The van der Waals surface area contributed by atoms with Crippen LogP contribution < -0.4 is 5.73 Å². The lowest BCUT2D eigenvalue weighted by Crippen LogP contribution is -2.43. The molecule has 0 aliphatic heterocycles. The van der Waals surface area contributed by atoms with E-state index in [1.165, 1.54) is 11.1 Å². The van der Waals surface area contributed by atoms with Gasteiger partial charge in [-0.25, -0.2) is 0 Å². The Morgan fingerprint density at radius 2 is 1.25 bits per heavy atom. The average Bonchev–Trinajstić information content (AvgIpc) is 2.47. The third kappa shape index (κ3) is 4.48. The van der Waals surface area contributed by atoms with Crippen LogP contribution in [-0.2, 0) is 13.1 Å². The highest BCUT2D eigenvalue weighted by Gasteiger charge is 2.22. The third-order valence-corrected chi connectivity index (χ3v) is 3.72. The molecule has 0 aromatic heterocycles. The highest BCUT2D eigenvalue weighted by molar-refractivity contribution is 5.15. The van der Waals surface area contributed by atoms with Gasteiger partial charge in [0.25, 0.3) is 0 Å². The van der Waals surface area contributed by atoms with Crippen molar-refractivity contribution in [2.24, 2.45) is 5.73 Å². The van der Waals surface area contributed by atoms with E-state index in [0.717, 1.165) is 37.1 Å². The fourth-order valence-electron chi connectivity index (χ4n) is 2.74. The SMILES string of the molecule is C[N+](CCCN)(Cc1ccccc1)Cc1ccccc1. The van der Waals surface area contributed by atoms with Crippen LogP contribution in [-0.4, -0.2) is 24.6 Å². The smallest absolute Gasteiger partial charge is 0.104 e. The summed E-state index contributed by atoms with van der Waals surface area (Å²) in [5, 5.41) is 0. The van der Waals surface area contributed by atoms with E-state index in [1.807, 2.05) is 0 Å². The molecule has 2 heteroatoms. The van der Waals surface area contributed by atoms with Gasteiger partial charge in [-0.3, -0.25) is 0 Å². The van der Waals surface area contributed by atoms with Gasteiger partial charge in [0, 0.05) is 17.5 Å². The summed E-state index contributed by atoms with van der Waals surface area (Å²) in [5.74, 6) is 0. The van der Waals surface area contributed by atoms with Crippen molar-refractivity contribution in [2.45, 2.75) is 19.5 Å². The van der Waals surface area contributed by atoms with Crippen LogP contribution >= 0.6 is 0 Å². The topological polar surface area (TPSA) is 26.0 Å². The lowest BCUT2D eigenvalue weighted by molar-refractivity contribution is -0.935. The van der Waals surface area contributed by atoms with Crippen molar-refractivity contribution in [3.8, 4) is 0 Å². The molecular formula is C18H25N2+. The van der Waals surface area contributed by atoms with E-state index in [2.05, 4.69) is 67.7 Å². The number of rotatable bonds is 7. The van der Waals surface area contributed by atoms with Crippen molar-refractivity contribution in [2.75, 3.05) is 20.1 Å². The Morgan fingerprint density at radius 1 is 0.800 bits per heavy atom. The van der Waals surface area contributed by atoms with Gasteiger partial charge in [0.2, 0.25) is 0 Å². The molecule has 0 atom stereocenters. The number of nitrogens with two attached hydrogens (primary N) is 1. The fraction of sp³-hybridized carbons (Fsp3) is 0.333. The van der Waals surface area contributed by atoms with E-state index in [0.29, 0.717) is 0 Å². The van der Waals surface area contributed by atoms with Crippen molar-refractivity contribution in [3.63, 3.8) is 0 Å². The second-order valence-electron chi connectivity index (χ2n) is 5.77. The Balaban J connectivity index is 2.12. The molecule has 0 unspecified atom stereocenters. The summed E-state index contributed by atoms with van der Waals surface area (Å²) in [6.45, 7) is 3.98. The van der Waals surface area contributed by atoms with Crippen LogP contribution in [0.4, 0.5) is 0 Å². The van der Waals surface area contributed by atoms with Crippen LogP contribution in [0.1, 0.15) is 17.5 Å². The van der Waals surface area contributed by atoms with Gasteiger partial charge in [-0.2, -0.15) is 0 Å². The van der Waals surface area contributed by atoms with Gasteiger partial charge in [-0.05, 0) is 6.54 Å². The second-order valence-corrected chi connectivity index (χ2v) is 5.77. The quantitative estimate of drug-likeness (QED) is 0.768. The predicted octanol–water partition coefficient (Wildman–Crippen LogP) is 3.18. The zero-order chi connectivity index (χ0) is 14.3. The van der Waals surface area contributed by atoms with Crippen molar-refractivity contribution in [1.82, 2.24) is 0 Å². The summed E-state index contributed by atoms with van der Waals surface area (Å²) in [7, 11) is 2.33. The first-order valence-electron chi connectivity index (χ1n) is 7.33. The van der Waals surface area contributed by atoms with E-state index < -0.39 is 0 Å². The third-order valence-electron chi connectivity index (χ3n) is 3.72. The minimum absolute atomic E-state index is 0.761. The molecule has 2 N–H and O–H groups in total. The Morgan fingerprint density at radius 3 is 1.65 bits per heavy atom. The van der Waals surface area contributed by atoms with E-state index in [-0.39, 0.29) is 0 Å². The van der Waals surface area contributed by atoms with Crippen LogP contribution in [0.3, 0.4) is 0 Å². The zero-order valence-electron chi connectivity index (χ0n) is 12.3. The molecule has 2 aromatic carbocycles. The van der Waals surface area contributed by atoms with Crippen LogP contribution in [0.15, 0.2) is 60.7 Å². The lowest BCUT2D eigenvalue weighted by Gasteiger charge is -2.35. The van der Waals surface area contributed by atoms with E-state index >= 15 is 0 Å². The molecule has 0 heterocycles. The first-order chi connectivity index (χ1) is 9.72. The molecule has 2 rings (SSSR count). The molecule has 0 saturated heterocycles. The van der Waals surface area contributed by atoms with Crippen LogP contribution in [0, 0.1) is 0 Å². The first kappa shape index (κ1) is 14.8. The van der Waals surface area contributed by atoms with Gasteiger partial charge in [-0.1, -0.05) is 60.7 Å². The summed E-state index contributed by atoms with van der Waals surface area (Å²) in [4.78, 5) is 0. The molecule has 20 heavy (non-hydrogen) atoms. The molecule has 0 bridgehead atoms. The first-order valence-corrected chi connectivity index (χ1v) is 7.33. The van der Waals surface area contributed by atoms with Gasteiger partial charge < -0.3 is 10.2 Å². The molecular weight excluding hydrogens is 244 g/mol. The molecule has 0 aliphatic rings. The molecule has 0 amide bonds. The van der Waals surface area contributed by atoms with Gasteiger partial charge >= 0.3 is 0 Å². The molecule has 2 aromatic rings. The van der Waals surface area contributed by atoms with Gasteiger partial charge in [0.15, 0.2) is 0 Å². The minimum Gasteiger partial charge on any atom is -0.330 e. The summed E-state index contributed by atoms with van der Waals surface area (Å²) >= 11 is 0. The van der Waals surface area contributed by atoms with E-state index in [9.17, 15) is 0 Å². The standard InChI is InChI=1S/C18H25N2/c1-20(14-8-13-19,15-17-9-4-2-5-10-17)16-18-11-6-3-7-12-18/h2-7,9-12H,8,13-16,19H2,1H3/q+1. The Hall–Kier alpha value is -1.64. The Kier molecular flexibility index (Phi) is 5.33. The summed E-state index contributed by atoms with van der Waals surface area (Å²) in [5.41, 5.74) is 8.50. The maximum atomic E-state index is 5.71. The maximum absolute atomic E-state index is 5.71. The van der Waals surface area contributed by atoms with Crippen molar-refractivity contribution in [3.05, 3.63) is 71.8 Å². The molecule has 106 valence electrons. The minimum atomic E-state index is 0.761. The largest absolute Gasteiger partial charge is 0.330 e. The number of quaternary nitrogens is 1. The van der Waals surface area contributed by atoms with Gasteiger partial charge in [0.05, 0.1) is 13.6 Å². The molecule has 0 saturated carbocycles. The van der Waals surface area contributed by atoms with Crippen LogP contribution in [0.2, 0.25) is 0 Å². The Bertz CT molecular complexity index is 452. The van der Waals surface area contributed by atoms with Gasteiger partial charge in [-0.15, -0.1) is 0 Å². The highest BCUT2D eigenvalue weighted by Crippen LogP contribution is 2.17. The van der Waals surface area contributed by atoms with Crippen molar-refractivity contribution < 1.29 is 4.48 Å². The lowest BCUT2D eigenvalue weighted by atomic mass is 10.1. The average molecular weight is 269 g/mol. The maximum Gasteiger partial charge on any atom is 0.104 e. The zero-order valence-corrected chi connectivity index (χ0v) is 12.3. The molecule has 0 radical (unpaired) electrons. The highest BCUT2D eigenvalue weighted by atomic mass is 15.3. The van der Waals surface area contributed by atoms with E-state index in [4.69, 9.17) is 5.73 Å². The number of nitrogens with zero attached hydrogens (tertiary/aromatic N) is 1. The van der Waals surface area contributed by atoms with Gasteiger partial charge in [0.1, 0.15) is 13.1 Å². The van der Waals surface area contributed by atoms with Crippen LogP contribution in [0.25, 0.3) is 0 Å². The number of benzene rings is 2. The summed E-state index contributed by atoms with van der Waals surface area (Å²) in [6, 6.07) is 21.5. The molecule has 0 fully saturated rings.